The van der Waals surface area contributed by atoms with Gasteiger partial charge in [0, 0.05) is 43.6 Å². The molecule has 0 radical (unpaired) electrons. The number of rotatable bonds is 6. The van der Waals surface area contributed by atoms with Crippen molar-refractivity contribution in [2.45, 2.75) is 39.7 Å². The molecule has 162 valence electrons. The zero-order chi connectivity index (χ0) is 22.0. The molecule has 0 N–H and O–H groups in total. The van der Waals surface area contributed by atoms with E-state index in [0.29, 0.717) is 13.0 Å². The highest BCUT2D eigenvalue weighted by atomic mass is 19.1. The Morgan fingerprint density at radius 1 is 1.06 bits per heavy atom. The fraction of sp³-hybridized carbons (Fsp3) is 0.360. The first kappa shape index (κ1) is 21.1. The molecule has 0 spiro atoms. The van der Waals surface area contributed by atoms with E-state index in [1.807, 2.05) is 27.0 Å². The van der Waals surface area contributed by atoms with Crippen molar-refractivity contribution in [1.82, 2.24) is 14.7 Å². The fourth-order valence-corrected chi connectivity index (χ4v) is 4.31. The Bertz CT molecular complexity index is 1070. The van der Waals surface area contributed by atoms with Crippen molar-refractivity contribution in [2.75, 3.05) is 25.0 Å². The van der Waals surface area contributed by atoms with E-state index in [9.17, 15) is 9.18 Å². The number of carbonyl (C=O) groups is 1. The van der Waals surface area contributed by atoms with Gasteiger partial charge in [-0.15, -0.1) is 0 Å². The monoisotopic (exact) mass is 420 g/mol. The molecule has 1 saturated heterocycles. The third-order valence-corrected chi connectivity index (χ3v) is 6.11. The average molecular weight is 421 g/mol. The van der Waals surface area contributed by atoms with E-state index < -0.39 is 0 Å². The summed E-state index contributed by atoms with van der Waals surface area (Å²) in [5, 5.41) is 4.59. The van der Waals surface area contributed by atoms with Crippen LogP contribution in [0.3, 0.4) is 0 Å². The number of amides is 1. The lowest BCUT2D eigenvalue weighted by Crippen LogP contribution is -2.29. The molecule has 2 heterocycles. The van der Waals surface area contributed by atoms with Gasteiger partial charge in [0.25, 0.3) is 0 Å². The summed E-state index contributed by atoms with van der Waals surface area (Å²) in [6, 6.07) is 14.6. The summed E-state index contributed by atoms with van der Waals surface area (Å²) in [7, 11) is 1.86. The molecule has 6 heteroatoms. The highest BCUT2D eigenvalue weighted by Gasteiger charge is 2.20. The largest absolute Gasteiger partial charge is 0.371 e. The van der Waals surface area contributed by atoms with Crippen LogP contribution in [0, 0.1) is 19.7 Å². The highest BCUT2D eigenvalue weighted by molar-refractivity contribution is 5.79. The number of hydrogen-bond donors (Lipinski definition) is 0. The molecular formula is C25H29FN4O. The Labute approximate surface area is 183 Å². The van der Waals surface area contributed by atoms with Gasteiger partial charge in [-0.3, -0.25) is 4.79 Å². The van der Waals surface area contributed by atoms with Crippen LogP contribution in [0.25, 0.3) is 5.69 Å². The van der Waals surface area contributed by atoms with Crippen LogP contribution >= 0.6 is 0 Å². The molecule has 1 aromatic heterocycles. The van der Waals surface area contributed by atoms with Crippen molar-refractivity contribution in [3.8, 4) is 5.69 Å². The molecule has 0 bridgehead atoms. The van der Waals surface area contributed by atoms with E-state index in [1.54, 1.807) is 21.7 Å². The van der Waals surface area contributed by atoms with Crippen LogP contribution in [0.2, 0.25) is 0 Å². The number of para-hydroxylation sites is 1. The van der Waals surface area contributed by atoms with Gasteiger partial charge < -0.3 is 9.80 Å². The van der Waals surface area contributed by atoms with Crippen molar-refractivity contribution in [3.05, 3.63) is 76.9 Å². The number of likely N-dealkylation sites (N-methyl/N-ethyl adjacent to an activating group) is 1. The first-order valence-electron chi connectivity index (χ1n) is 10.8. The second kappa shape index (κ2) is 8.92. The summed E-state index contributed by atoms with van der Waals surface area (Å²) >= 11 is 0. The lowest BCUT2D eigenvalue weighted by molar-refractivity contribution is -0.129. The third-order valence-electron chi connectivity index (χ3n) is 6.11. The summed E-state index contributed by atoms with van der Waals surface area (Å²) in [6.07, 6.45) is 2.74. The number of anilines is 1. The number of benzene rings is 2. The molecule has 0 aliphatic carbocycles. The molecule has 31 heavy (non-hydrogen) atoms. The minimum absolute atomic E-state index is 0.0566. The molecule has 1 fully saturated rings. The van der Waals surface area contributed by atoms with E-state index in [0.717, 1.165) is 35.7 Å². The molecule has 0 atom stereocenters. The predicted molar refractivity (Wildman–Crippen MR) is 121 cm³/mol. The zero-order valence-electron chi connectivity index (χ0n) is 18.4. The maximum Gasteiger partial charge on any atom is 0.227 e. The van der Waals surface area contributed by atoms with Crippen molar-refractivity contribution in [3.63, 3.8) is 0 Å². The van der Waals surface area contributed by atoms with Crippen LogP contribution in [0.5, 0.6) is 0 Å². The Morgan fingerprint density at radius 3 is 2.45 bits per heavy atom. The number of carbonyl (C=O) groups excluding carboxylic acids is 1. The van der Waals surface area contributed by atoms with Gasteiger partial charge in [0.05, 0.1) is 17.8 Å². The smallest absolute Gasteiger partial charge is 0.227 e. The van der Waals surface area contributed by atoms with Gasteiger partial charge in [0.1, 0.15) is 5.82 Å². The lowest BCUT2D eigenvalue weighted by Gasteiger charge is -2.24. The normalized spacial score (nSPS) is 13.6. The second-order valence-corrected chi connectivity index (χ2v) is 8.29. The van der Waals surface area contributed by atoms with Gasteiger partial charge in [-0.25, -0.2) is 9.07 Å². The minimum Gasteiger partial charge on any atom is -0.371 e. The molecule has 1 aliphatic rings. The Balaban J connectivity index is 1.49. The van der Waals surface area contributed by atoms with Crippen molar-refractivity contribution in [2.24, 2.45) is 0 Å². The molecule has 3 aromatic rings. The molecule has 1 aliphatic heterocycles. The molecule has 4 rings (SSSR count). The number of aromatic nitrogens is 2. The highest BCUT2D eigenvalue weighted by Crippen LogP contribution is 2.26. The first-order chi connectivity index (χ1) is 14.9. The molecule has 5 nitrogen and oxygen atoms in total. The van der Waals surface area contributed by atoms with Gasteiger partial charge >= 0.3 is 0 Å². The van der Waals surface area contributed by atoms with Crippen LogP contribution in [0.15, 0.2) is 48.5 Å². The number of halogens is 1. The van der Waals surface area contributed by atoms with E-state index >= 15 is 0 Å². The van der Waals surface area contributed by atoms with Gasteiger partial charge in [-0.05, 0) is 62.6 Å². The quantitative estimate of drug-likeness (QED) is 0.592. The van der Waals surface area contributed by atoms with Crippen LogP contribution in [-0.4, -0.2) is 40.7 Å². The molecule has 1 amide bonds. The number of nitrogens with zero attached hydrogens (tertiary/aromatic N) is 4. The van der Waals surface area contributed by atoms with Crippen LogP contribution in [0.1, 0.15) is 35.4 Å². The summed E-state index contributed by atoms with van der Waals surface area (Å²) < 4.78 is 15.0. The standard InChI is InChI=1S/C25H29FN4O/c1-18-23(19(2)30(27-18)22-12-10-21(26)11-13-22)16-25(31)28(3)17-20-8-4-5-9-24(20)29-14-6-7-15-29/h4-5,8-13H,6-7,14-17H2,1-3H3. The lowest BCUT2D eigenvalue weighted by atomic mass is 10.1. The van der Waals surface area contributed by atoms with Gasteiger partial charge in [-0.1, -0.05) is 18.2 Å². The molecular weight excluding hydrogens is 391 g/mol. The molecule has 0 unspecified atom stereocenters. The summed E-state index contributed by atoms with van der Waals surface area (Å²) in [4.78, 5) is 17.3. The van der Waals surface area contributed by atoms with E-state index in [4.69, 9.17) is 0 Å². The Hall–Kier alpha value is -3.15. The van der Waals surface area contributed by atoms with Crippen LogP contribution in [0.4, 0.5) is 10.1 Å². The average Bonchev–Trinajstić information content (AvgIpc) is 3.39. The molecule has 0 saturated carbocycles. The minimum atomic E-state index is -0.281. The summed E-state index contributed by atoms with van der Waals surface area (Å²) in [6.45, 7) is 6.61. The first-order valence-corrected chi connectivity index (χ1v) is 10.8. The van der Waals surface area contributed by atoms with Gasteiger partial charge in [0.15, 0.2) is 0 Å². The summed E-state index contributed by atoms with van der Waals surface area (Å²) in [5.74, 6) is -0.224. The van der Waals surface area contributed by atoms with Gasteiger partial charge in [-0.2, -0.15) is 5.10 Å². The Morgan fingerprint density at radius 2 is 1.74 bits per heavy atom. The topological polar surface area (TPSA) is 41.4 Å². The fourth-order valence-electron chi connectivity index (χ4n) is 4.31. The van der Waals surface area contributed by atoms with E-state index in [2.05, 4.69) is 28.2 Å². The SMILES string of the molecule is Cc1nn(-c2ccc(F)cc2)c(C)c1CC(=O)N(C)Cc1ccccc1N1CCCC1. The van der Waals surface area contributed by atoms with Crippen LogP contribution in [-0.2, 0) is 17.8 Å². The van der Waals surface area contributed by atoms with E-state index in [-0.39, 0.29) is 11.7 Å². The predicted octanol–water partition coefficient (Wildman–Crippen LogP) is 4.43. The maximum absolute atomic E-state index is 13.3. The van der Waals surface area contributed by atoms with Gasteiger partial charge in [0.2, 0.25) is 5.91 Å². The van der Waals surface area contributed by atoms with E-state index in [1.165, 1.54) is 36.2 Å². The molecule has 2 aromatic carbocycles. The number of aryl methyl sites for hydroxylation is 1. The third kappa shape index (κ3) is 4.48. The number of hydrogen-bond acceptors (Lipinski definition) is 3. The van der Waals surface area contributed by atoms with Crippen molar-refractivity contribution >= 4 is 11.6 Å². The zero-order valence-corrected chi connectivity index (χ0v) is 18.4. The summed E-state index contributed by atoms with van der Waals surface area (Å²) in [5.41, 5.74) is 5.85. The maximum atomic E-state index is 13.3. The van der Waals surface area contributed by atoms with Crippen LogP contribution < -0.4 is 4.90 Å². The Kier molecular flexibility index (Phi) is 6.07. The van der Waals surface area contributed by atoms with Crippen molar-refractivity contribution < 1.29 is 9.18 Å². The van der Waals surface area contributed by atoms with Crippen molar-refractivity contribution in [1.29, 1.82) is 0 Å². The second-order valence-electron chi connectivity index (χ2n) is 8.29.